The summed E-state index contributed by atoms with van der Waals surface area (Å²) in [5.41, 5.74) is 9.25. The molecule has 0 unspecified atom stereocenters. The molecule has 0 bridgehead atoms. The lowest BCUT2D eigenvalue weighted by molar-refractivity contribution is 0.0390. The highest BCUT2D eigenvalue weighted by Gasteiger charge is 2.19. The monoisotopic (exact) mass is 393 g/mol. The van der Waals surface area contributed by atoms with E-state index >= 15 is 0 Å². The average Bonchev–Trinajstić information content (AvgIpc) is 3.17. The molecule has 0 aromatic heterocycles. The highest BCUT2D eigenvalue weighted by Crippen LogP contribution is 2.38. The van der Waals surface area contributed by atoms with Gasteiger partial charge in [0.15, 0.2) is 0 Å². The van der Waals surface area contributed by atoms with Crippen LogP contribution in [0, 0.1) is 0 Å². The van der Waals surface area contributed by atoms with E-state index in [1.54, 1.807) is 0 Å². The molecule has 3 aromatic carbocycles. The molecule has 1 fully saturated rings. The fourth-order valence-electron chi connectivity index (χ4n) is 4.41. The lowest BCUT2D eigenvalue weighted by Gasteiger charge is -2.26. The molecule has 0 saturated carbocycles. The Morgan fingerprint density at radius 3 is 2.33 bits per heavy atom. The number of morpholine rings is 1. The topological polar surface area (TPSA) is 12.5 Å². The van der Waals surface area contributed by atoms with E-state index in [1.807, 2.05) is 0 Å². The van der Waals surface area contributed by atoms with Gasteiger partial charge in [-0.1, -0.05) is 78.9 Å². The van der Waals surface area contributed by atoms with Crippen LogP contribution in [0.3, 0.4) is 0 Å². The van der Waals surface area contributed by atoms with Gasteiger partial charge in [0.05, 0.1) is 13.2 Å². The molecule has 150 valence electrons. The molecule has 1 saturated heterocycles. The molecule has 0 spiro atoms. The van der Waals surface area contributed by atoms with E-state index in [1.165, 1.54) is 39.0 Å². The van der Waals surface area contributed by atoms with Crippen molar-refractivity contribution in [3.63, 3.8) is 0 Å². The van der Waals surface area contributed by atoms with Crippen molar-refractivity contribution in [2.45, 2.75) is 6.42 Å². The lowest BCUT2D eigenvalue weighted by atomic mass is 9.99. The molecule has 0 N–H and O–H groups in total. The molecular weight excluding hydrogens is 366 g/mol. The molecule has 0 atom stereocenters. The summed E-state index contributed by atoms with van der Waals surface area (Å²) in [6.07, 6.45) is 5.80. The first-order valence-corrected chi connectivity index (χ1v) is 10.8. The Kier molecular flexibility index (Phi) is 5.60. The van der Waals surface area contributed by atoms with Gasteiger partial charge in [0.2, 0.25) is 0 Å². The summed E-state index contributed by atoms with van der Waals surface area (Å²) >= 11 is 0. The Hall–Kier alpha value is -2.94. The molecule has 5 rings (SSSR count). The quantitative estimate of drug-likeness (QED) is 0.526. The molecule has 2 nitrogen and oxygen atoms in total. The van der Waals surface area contributed by atoms with Crippen molar-refractivity contribution in [2.75, 3.05) is 32.8 Å². The van der Waals surface area contributed by atoms with Gasteiger partial charge >= 0.3 is 0 Å². The van der Waals surface area contributed by atoms with E-state index in [0.29, 0.717) is 0 Å². The number of fused-ring (bicyclic) bond motifs is 1. The maximum absolute atomic E-state index is 5.49. The Balaban J connectivity index is 1.42. The summed E-state index contributed by atoms with van der Waals surface area (Å²) in [7, 11) is 0. The summed E-state index contributed by atoms with van der Waals surface area (Å²) in [5.74, 6) is 0. The smallest absolute Gasteiger partial charge is 0.0594 e. The van der Waals surface area contributed by atoms with Gasteiger partial charge in [0.25, 0.3) is 0 Å². The molecule has 30 heavy (non-hydrogen) atoms. The zero-order chi connectivity index (χ0) is 20.2. The molecule has 1 aliphatic carbocycles. The summed E-state index contributed by atoms with van der Waals surface area (Å²) in [5, 5.41) is 0. The minimum absolute atomic E-state index is 0.860. The summed E-state index contributed by atoms with van der Waals surface area (Å²) in [6.45, 7) is 4.91. The number of allylic oxidation sites excluding steroid dienone is 2. The Bertz CT molecular complexity index is 1070. The molecule has 1 aliphatic heterocycles. The van der Waals surface area contributed by atoms with Gasteiger partial charge in [-0.2, -0.15) is 0 Å². The average molecular weight is 394 g/mol. The van der Waals surface area contributed by atoms with Crippen molar-refractivity contribution in [3.8, 4) is 11.1 Å². The van der Waals surface area contributed by atoms with Crippen molar-refractivity contribution in [1.29, 1.82) is 0 Å². The van der Waals surface area contributed by atoms with Crippen LogP contribution in [0.5, 0.6) is 0 Å². The fraction of sp³-hybridized carbons (Fsp3) is 0.214. The first-order chi connectivity index (χ1) is 14.9. The van der Waals surface area contributed by atoms with E-state index in [9.17, 15) is 0 Å². The van der Waals surface area contributed by atoms with Gasteiger partial charge in [-0.15, -0.1) is 0 Å². The molecule has 3 aromatic rings. The maximum atomic E-state index is 5.49. The fourth-order valence-corrected chi connectivity index (χ4v) is 4.41. The standard InChI is InChI=1S/C28H27NO/c1-2-8-23(9-3-1)24-10-6-7-22(19-24)20-26-21-25(27-11-4-5-12-28(26)27)13-14-29-15-17-30-18-16-29/h1-12,19-21H,13-18H2/b26-20+. The molecule has 2 aliphatic rings. The van der Waals surface area contributed by atoms with Gasteiger partial charge < -0.3 is 4.74 Å². The predicted octanol–water partition coefficient (Wildman–Crippen LogP) is 6.01. The highest BCUT2D eigenvalue weighted by atomic mass is 16.5. The van der Waals surface area contributed by atoms with Gasteiger partial charge in [-0.3, -0.25) is 4.90 Å². The second-order valence-corrected chi connectivity index (χ2v) is 8.01. The van der Waals surface area contributed by atoms with Crippen LogP contribution in [0.1, 0.15) is 23.1 Å². The van der Waals surface area contributed by atoms with Crippen LogP contribution >= 0.6 is 0 Å². The third-order valence-corrected chi connectivity index (χ3v) is 6.03. The normalized spacial score (nSPS) is 17.7. The van der Waals surface area contributed by atoms with Gasteiger partial charge in [-0.25, -0.2) is 0 Å². The number of ether oxygens (including phenoxy) is 1. The van der Waals surface area contributed by atoms with Crippen molar-refractivity contribution in [1.82, 2.24) is 4.90 Å². The van der Waals surface area contributed by atoms with Crippen molar-refractivity contribution < 1.29 is 4.74 Å². The third kappa shape index (κ3) is 4.16. The zero-order valence-electron chi connectivity index (χ0n) is 17.3. The second-order valence-electron chi connectivity index (χ2n) is 8.01. The Morgan fingerprint density at radius 2 is 1.50 bits per heavy atom. The number of benzene rings is 3. The second kappa shape index (κ2) is 8.83. The van der Waals surface area contributed by atoms with Crippen LogP contribution in [0.4, 0.5) is 0 Å². The van der Waals surface area contributed by atoms with Gasteiger partial charge in [0.1, 0.15) is 0 Å². The van der Waals surface area contributed by atoms with Gasteiger partial charge in [-0.05, 0) is 57.5 Å². The Morgan fingerprint density at radius 1 is 0.767 bits per heavy atom. The summed E-state index contributed by atoms with van der Waals surface area (Å²) in [6, 6.07) is 28.2. The summed E-state index contributed by atoms with van der Waals surface area (Å²) < 4.78 is 5.49. The molecule has 0 radical (unpaired) electrons. The highest BCUT2D eigenvalue weighted by molar-refractivity contribution is 6.01. The van der Waals surface area contributed by atoms with Crippen LogP contribution in [0.2, 0.25) is 0 Å². The third-order valence-electron chi connectivity index (χ3n) is 6.03. The van der Waals surface area contributed by atoms with E-state index < -0.39 is 0 Å². The van der Waals surface area contributed by atoms with Crippen molar-refractivity contribution >= 4 is 17.2 Å². The number of rotatable bonds is 5. The lowest BCUT2D eigenvalue weighted by Crippen LogP contribution is -2.36. The van der Waals surface area contributed by atoms with E-state index in [0.717, 1.165) is 39.3 Å². The predicted molar refractivity (Wildman–Crippen MR) is 126 cm³/mol. The first kappa shape index (κ1) is 19.0. The van der Waals surface area contributed by atoms with Crippen LogP contribution in [0.15, 0.2) is 84.9 Å². The largest absolute Gasteiger partial charge is 0.379 e. The summed E-state index contributed by atoms with van der Waals surface area (Å²) in [4.78, 5) is 2.51. The molecular formula is C28H27NO. The van der Waals surface area contributed by atoms with Crippen LogP contribution < -0.4 is 0 Å². The Labute approximate surface area is 179 Å². The van der Waals surface area contributed by atoms with Crippen LogP contribution in [-0.2, 0) is 4.74 Å². The number of hydrogen-bond donors (Lipinski definition) is 0. The van der Waals surface area contributed by atoms with E-state index in [2.05, 4.69) is 95.9 Å². The molecule has 2 heteroatoms. The van der Waals surface area contributed by atoms with Crippen molar-refractivity contribution in [3.05, 3.63) is 102 Å². The van der Waals surface area contributed by atoms with Crippen LogP contribution in [0.25, 0.3) is 28.3 Å². The number of nitrogens with zero attached hydrogens (tertiary/aromatic N) is 1. The van der Waals surface area contributed by atoms with Gasteiger partial charge in [0, 0.05) is 19.6 Å². The minimum atomic E-state index is 0.860. The molecule has 1 heterocycles. The molecule has 0 amide bonds. The van der Waals surface area contributed by atoms with Crippen LogP contribution in [-0.4, -0.2) is 37.7 Å². The number of hydrogen-bond acceptors (Lipinski definition) is 2. The van der Waals surface area contributed by atoms with E-state index in [-0.39, 0.29) is 0 Å². The van der Waals surface area contributed by atoms with E-state index in [4.69, 9.17) is 4.74 Å². The van der Waals surface area contributed by atoms with Crippen molar-refractivity contribution in [2.24, 2.45) is 0 Å². The zero-order valence-corrected chi connectivity index (χ0v) is 17.3. The minimum Gasteiger partial charge on any atom is -0.379 e. The first-order valence-electron chi connectivity index (χ1n) is 10.8. The maximum Gasteiger partial charge on any atom is 0.0594 e. The SMILES string of the molecule is C1=C(CCN2CCOCC2)c2ccccc2/C1=C/c1cccc(-c2ccccc2)c1.